The average Bonchev–Trinajstić information content (AvgIpc) is 3.02. The Bertz CT molecular complexity index is 208. The molecule has 0 aromatic heterocycles. The second kappa shape index (κ2) is 4.28. The van der Waals surface area contributed by atoms with E-state index in [-0.39, 0.29) is 0 Å². The Labute approximate surface area is 84.3 Å². The monoisotopic (exact) mass is 198 g/mol. The van der Waals surface area contributed by atoms with Gasteiger partial charge < -0.3 is 9.74 Å². The molecule has 80 valence electrons. The summed E-state index contributed by atoms with van der Waals surface area (Å²) >= 11 is 0. The van der Waals surface area contributed by atoms with E-state index < -0.39 is 0 Å². The predicted octanol–water partition coefficient (Wildman–Crippen LogP) is 0.525. The molecular formula is C10H18N2O2. The van der Waals surface area contributed by atoms with Crippen LogP contribution in [0.1, 0.15) is 25.7 Å². The van der Waals surface area contributed by atoms with Crippen LogP contribution in [-0.4, -0.2) is 30.5 Å². The molecule has 0 aromatic rings. The number of rotatable bonds is 3. The molecule has 0 atom stereocenters. The van der Waals surface area contributed by atoms with Gasteiger partial charge in [0, 0.05) is 19.0 Å². The standard InChI is InChI=1S/C10H18N2O2/c11-14-7-8-3-5-12(6-4-8)10(13)9-1-2-9/h8-9H,1-7,11H2. The van der Waals surface area contributed by atoms with E-state index in [1.807, 2.05) is 4.90 Å². The maximum absolute atomic E-state index is 11.7. The van der Waals surface area contributed by atoms with Gasteiger partial charge in [-0.3, -0.25) is 4.79 Å². The van der Waals surface area contributed by atoms with Crippen LogP contribution in [-0.2, 0) is 9.63 Å². The summed E-state index contributed by atoms with van der Waals surface area (Å²) in [5.41, 5.74) is 0. The van der Waals surface area contributed by atoms with Crippen LogP contribution in [0.2, 0.25) is 0 Å². The number of nitrogens with zero attached hydrogens (tertiary/aromatic N) is 1. The lowest BCUT2D eigenvalue weighted by Gasteiger charge is -2.31. The third-order valence-corrected chi connectivity index (χ3v) is 3.18. The summed E-state index contributed by atoms with van der Waals surface area (Å²) in [5.74, 6) is 6.31. The highest BCUT2D eigenvalue weighted by Crippen LogP contribution is 2.32. The normalized spacial score (nSPS) is 23.9. The first kappa shape index (κ1) is 9.93. The van der Waals surface area contributed by atoms with Crippen LogP contribution in [0.5, 0.6) is 0 Å². The highest BCUT2D eigenvalue weighted by molar-refractivity contribution is 5.81. The van der Waals surface area contributed by atoms with Gasteiger partial charge in [-0.25, -0.2) is 5.90 Å². The maximum atomic E-state index is 11.7. The molecule has 1 heterocycles. The fourth-order valence-electron chi connectivity index (χ4n) is 2.04. The van der Waals surface area contributed by atoms with Crippen molar-refractivity contribution >= 4 is 5.91 Å². The van der Waals surface area contributed by atoms with E-state index in [4.69, 9.17) is 5.90 Å². The Morgan fingerprint density at radius 2 is 1.93 bits per heavy atom. The third-order valence-electron chi connectivity index (χ3n) is 3.18. The summed E-state index contributed by atoms with van der Waals surface area (Å²) in [4.78, 5) is 18.3. The molecule has 1 amide bonds. The van der Waals surface area contributed by atoms with Crippen molar-refractivity contribution in [2.45, 2.75) is 25.7 Å². The number of hydrogen-bond donors (Lipinski definition) is 1. The number of carbonyl (C=O) groups is 1. The molecule has 2 N–H and O–H groups in total. The van der Waals surface area contributed by atoms with Gasteiger partial charge in [0.1, 0.15) is 0 Å². The van der Waals surface area contributed by atoms with Gasteiger partial charge in [-0.15, -0.1) is 0 Å². The molecule has 2 aliphatic rings. The van der Waals surface area contributed by atoms with E-state index in [9.17, 15) is 4.79 Å². The van der Waals surface area contributed by atoms with Gasteiger partial charge in [-0.1, -0.05) is 0 Å². The molecule has 0 aromatic carbocycles. The quantitative estimate of drug-likeness (QED) is 0.673. The second-order valence-corrected chi connectivity index (χ2v) is 4.38. The van der Waals surface area contributed by atoms with E-state index in [1.54, 1.807) is 0 Å². The fourth-order valence-corrected chi connectivity index (χ4v) is 2.04. The number of carbonyl (C=O) groups excluding carboxylic acids is 1. The van der Waals surface area contributed by atoms with Gasteiger partial charge in [0.05, 0.1) is 6.61 Å². The van der Waals surface area contributed by atoms with Gasteiger partial charge in [0.25, 0.3) is 0 Å². The van der Waals surface area contributed by atoms with Crippen molar-refractivity contribution in [2.75, 3.05) is 19.7 Å². The lowest BCUT2D eigenvalue weighted by Crippen LogP contribution is -2.40. The Hall–Kier alpha value is -0.610. The van der Waals surface area contributed by atoms with Crippen molar-refractivity contribution in [3.05, 3.63) is 0 Å². The molecule has 0 bridgehead atoms. The zero-order valence-corrected chi connectivity index (χ0v) is 8.45. The zero-order valence-electron chi connectivity index (χ0n) is 8.45. The largest absolute Gasteiger partial charge is 0.342 e. The van der Waals surface area contributed by atoms with Gasteiger partial charge in [0.15, 0.2) is 0 Å². The molecule has 14 heavy (non-hydrogen) atoms. The van der Waals surface area contributed by atoms with Gasteiger partial charge >= 0.3 is 0 Å². The van der Waals surface area contributed by atoms with Gasteiger partial charge in [0.2, 0.25) is 5.91 Å². The molecule has 1 aliphatic heterocycles. The molecule has 0 radical (unpaired) electrons. The Morgan fingerprint density at radius 3 is 2.43 bits per heavy atom. The first-order valence-electron chi connectivity index (χ1n) is 5.41. The van der Waals surface area contributed by atoms with E-state index in [2.05, 4.69) is 4.84 Å². The summed E-state index contributed by atoms with van der Waals surface area (Å²) in [6.07, 6.45) is 4.28. The summed E-state index contributed by atoms with van der Waals surface area (Å²) in [5, 5.41) is 0. The number of hydrogen-bond acceptors (Lipinski definition) is 3. The molecule has 1 aliphatic carbocycles. The molecule has 0 unspecified atom stereocenters. The Morgan fingerprint density at radius 1 is 1.29 bits per heavy atom. The van der Waals surface area contributed by atoms with Crippen LogP contribution in [0.25, 0.3) is 0 Å². The molecule has 1 saturated carbocycles. The van der Waals surface area contributed by atoms with Crippen LogP contribution in [0.4, 0.5) is 0 Å². The van der Waals surface area contributed by atoms with Crippen molar-refractivity contribution in [2.24, 2.45) is 17.7 Å². The number of amides is 1. The van der Waals surface area contributed by atoms with E-state index in [1.165, 1.54) is 0 Å². The van der Waals surface area contributed by atoms with Crippen LogP contribution in [0.15, 0.2) is 0 Å². The predicted molar refractivity (Wildman–Crippen MR) is 52.2 cm³/mol. The second-order valence-electron chi connectivity index (χ2n) is 4.38. The molecule has 1 saturated heterocycles. The molecule has 4 heteroatoms. The molecule has 4 nitrogen and oxygen atoms in total. The highest BCUT2D eigenvalue weighted by atomic mass is 16.6. The fraction of sp³-hybridized carbons (Fsp3) is 0.900. The maximum Gasteiger partial charge on any atom is 0.225 e. The Balaban J connectivity index is 1.74. The number of likely N-dealkylation sites (tertiary alicyclic amines) is 1. The van der Waals surface area contributed by atoms with Crippen LogP contribution < -0.4 is 5.90 Å². The molecule has 2 rings (SSSR count). The minimum Gasteiger partial charge on any atom is -0.342 e. The third kappa shape index (κ3) is 2.25. The minimum atomic E-state index is 0.359. The number of piperidine rings is 1. The summed E-state index contributed by atoms with van der Waals surface area (Å²) in [6.45, 7) is 2.41. The minimum absolute atomic E-state index is 0.359. The average molecular weight is 198 g/mol. The van der Waals surface area contributed by atoms with E-state index in [0.717, 1.165) is 38.8 Å². The molecule has 2 fully saturated rings. The highest BCUT2D eigenvalue weighted by Gasteiger charge is 2.34. The molecular weight excluding hydrogens is 180 g/mol. The number of nitrogens with two attached hydrogens (primary N) is 1. The van der Waals surface area contributed by atoms with Gasteiger partial charge in [-0.05, 0) is 31.6 Å². The Kier molecular flexibility index (Phi) is 3.03. The van der Waals surface area contributed by atoms with Crippen LogP contribution >= 0.6 is 0 Å². The van der Waals surface area contributed by atoms with Crippen LogP contribution in [0, 0.1) is 11.8 Å². The van der Waals surface area contributed by atoms with Crippen molar-refractivity contribution in [3.8, 4) is 0 Å². The SMILES string of the molecule is NOCC1CCN(C(=O)C2CC2)CC1. The first-order chi connectivity index (χ1) is 6.81. The lowest BCUT2D eigenvalue weighted by molar-refractivity contribution is -0.134. The van der Waals surface area contributed by atoms with E-state index in [0.29, 0.717) is 24.3 Å². The summed E-state index contributed by atoms with van der Waals surface area (Å²) in [7, 11) is 0. The van der Waals surface area contributed by atoms with Crippen molar-refractivity contribution in [1.29, 1.82) is 0 Å². The topological polar surface area (TPSA) is 55.6 Å². The first-order valence-corrected chi connectivity index (χ1v) is 5.41. The van der Waals surface area contributed by atoms with Crippen molar-refractivity contribution < 1.29 is 9.63 Å². The smallest absolute Gasteiger partial charge is 0.225 e. The van der Waals surface area contributed by atoms with Crippen molar-refractivity contribution in [3.63, 3.8) is 0 Å². The summed E-state index contributed by atoms with van der Waals surface area (Å²) < 4.78 is 0. The van der Waals surface area contributed by atoms with Gasteiger partial charge in [-0.2, -0.15) is 0 Å². The van der Waals surface area contributed by atoms with Crippen LogP contribution in [0.3, 0.4) is 0 Å². The van der Waals surface area contributed by atoms with Crippen molar-refractivity contribution in [1.82, 2.24) is 4.90 Å². The lowest BCUT2D eigenvalue weighted by atomic mass is 9.97. The zero-order chi connectivity index (χ0) is 9.97. The van der Waals surface area contributed by atoms with E-state index >= 15 is 0 Å². The summed E-state index contributed by atoms with van der Waals surface area (Å²) in [6, 6.07) is 0. The molecule has 0 spiro atoms.